The molecule has 0 amide bonds. The van der Waals surface area contributed by atoms with Crippen molar-refractivity contribution in [1.82, 2.24) is 4.31 Å². The number of rotatable bonds is 4. The van der Waals surface area contributed by atoms with Gasteiger partial charge in [-0.2, -0.15) is 0 Å². The first-order chi connectivity index (χ1) is 13.0. The van der Waals surface area contributed by atoms with Gasteiger partial charge in [0.2, 0.25) is 0 Å². The van der Waals surface area contributed by atoms with E-state index in [9.17, 15) is 8.42 Å². The highest BCUT2D eigenvalue weighted by Crippen LogP contribution is 2.30. The minimum Gasteiger partial charge on any atom is -0.269 e. The van der Waals surface area contributed by atoms with Crippen molar-refractivity contribution in [3.05, 3.63) is 76.3 Å². The molecule has 0 bridgehead atoms. The molecule has 0 aliphatic carbocycles. The molecule has 138 valence electrons. The Balaban J connectivity index is 1.71. The lowest BCUT2D eigenvalue weighted by Crippen LogP contribution is -2.35. The van der Waals surface area contributed by atoms with Crippen molar-refractivity contribution < 1.29 is 8.42 Å². The molecule has 0 fully saturated rings. The second kappa shape index (κ2) is 7.15. The summed E-state index contributed by atoms with van der Waals surface area (Å²) >= 11 is 12.1. The zero-order valence-electron chi connectivity index (χ0n) is 14.3. The molecule has 0 aromatic heterocycles. The van der Waals surface area contributed by atoms with E-state index in [1.807, 2.05) is 42.5 Å². The van der Waals surface area contributed by atoms with E-state index >= 15 is 0 Å². The molecular weight excluding hydrogens is 403 g/mol. The Kier molecular flexibility index (Phi) is 4.84. The van der Waals surface area contributed by atoms with Crippen LogP contribution in [0.2, 0.25) is 10.0 Å². The fourth-order valence-electron chi connectivity index (χ4n) is 3.29. The number of hydrogen-bond acceptors (Lipinski definition) is 3. The zero-order chi connectivity index (χ0) is 19.0. The first-order valence-electron chi connectivity index (χ1n) is 8.44. The number of hydrogen-bond donors (Lipinski definition) is 0. The van der Waals surface area contributed by atoms with E-state index in [0.29, 0.717) is 30.4 Å². The molecule has 4 nitrogen and oxygen atoms in total. The second-order valence-corrected chi connectivity index (χ2v) is 8.94. The van der Waals surface area contributed by atoms with Gasteiger partial charge in [0.25, 0.3) is 10.0 Å². The lowest BCUT2D eigenvalue weighted by molar-refractivity contribution is 0.535. The lowest BCUT2D eigenvalue weighted by atomic mass is 10.0. The van der Waals surface area contributed by atoms with Crippen molar-refractivity contribution >= 4 is 49.8 Å². The van der Waals surface area contributed by atoms with Crippen LogP contribution in [0.5, 0.6) is 0 Å². The van der Waals surface area contributed by atoms with Crippen LogP contribution in [0.15, 0.2) is 70.6 Å². The topological polar surface area (TPSA) is 49.7 Å². The fourth-order valence-corrected chi connectivity index (χ4v) is 5.49. The van der Waals surface area contributed by atoms with Crippen LogP contribution in [-0.4, -0.2) is 31.6 Å². The largest absolute Gasteiger partial charge is 0.269 e. The van der Waals surface area contributed by atoms with Crippen LogP contribution in [-0.2, 0) is 16.4 Å². The predicted molar refractivity (Wildman–Crippen MR) is 110 cm³/mol. The van der Waals surface area contributed by atoms with E-state index in [-0.39, 0.29) is 9.92 Å². The third kappa shape index (κ3) is 3.43. The fraction of sp³-hybridized carbons (Fsp3) is 0.150. The molecule has 1 heterocycles. The Morgan fingerprint density at radius 1 is 1.00 bits per heavy atom. The van der Waals surface area contributed by atoms with Crippen molar-refractivity contribution in [2.75, 3.05) is 13.1 Å². The van der Waals surface area contributed by atoms with Crippen molar-refractivity contribution in [1.29, 1.82) is 0 Å². The van der Waals surface area contributed by atoms with E-state index in [4.69, 9.17) is 23.2 Å². The predicted octanol–water partition coefficient (Wildman–Crippen LogP) is 4.79. The van der Waals surface area contributed by atoms with E-state index in [1.54, 1.807) is 6.07 Å². The first kappa shape index (κ1) is 18.3. The van der Waals surface area contributed by atoms with Crippen LogP contribution in [0, 0.1) is 0 Å². The minimum absolute atomic E-state index is 0.00388. The number of benzene rings is 3. The average Bonchev–Trinajstić information content (AvgIpc) is 3.13. The van der Waals surface area contributed by atoms with E-state index in [2.05, 4.69) is 4.99 Å². The van der Waals surface area contributed by atoms with Crippen molar-refractivity contribution in [3.63, 3.8) is 0 Å². The Morgan fingerprint density at radius 3 is 2.63 bits per heavy atom. The van der Waals surface area contributed by atoms with Crippen molar-refractivity contribution in [3.8, 4) is 0 Å². The van der Waals surface area contributed by atoms with Gasteiger partial charge in [-0.3, -0.25) is 9.30 Å². The number of aliphatic imine (C=N–C) groups is 1. The van der Waals surface area contributed by atoms with Gasteiger partial charge in [0, 0.05) is 11.4 Å². The van der Waals surface area contributed by atoms with Crippen LogP contribution in [0.1, 0.15) is 5.56 Å². The SMILES string of the molecule is O=S(=O)(c1cc(Cl)ccc1Cl)N1CCN=C1Cc1cccc2ccccc12. The van der Waals surface area contributed by atoms with Gasteiger partial charge in [-0.15, -0.1) is 0 Å². The van der Waals surface area contributed by atoms with Crippen molar-refractivity contribution in [2.24, 2.45) is 4.99 Å². The summed E-state index contributed by atoms with van der Waals surface area (Å²) in [5, 5.41) is 2.68. The molecule has 0 radical (unpaired) electrons. The summed E-state index contributed by atoms with van der Waals surface area (Å²) in [6, 6.07) is 18.5. The van der Waals surface area contributed by atoms with Crippen LogP contribution in [0.4, 0.5) is 0 Å². The normalized spacial score (nSPS) is 14.6. The van der Waals surface area contributed by atoms with Gasteiger partial charge in [-0.25, -0.2) is 8.42 Å². The molecule has 3 aromatic rings. The minimum atomic E-state index is -3.83. The molecular formula is C20H16Cl2N2O2S. The average molecular weight is 419 g/mol. The van der Waals surface area contributed by atoms with Gasteiger partial charge >= 0.3 is 0 Å². The molecule has 0 atom stereocenters. The number of halogens is 2. The van der Waals surface area contributed by atoms with Crippen molar-refractivity contribution in [2.45, 2.75) is 11.3 Å². The summed E-state index contributed by atoms with van der Waals surface area (Å²) in [5.74, 6) is 0.516. The van der Waals surface area contributed by atoms with Gasteiger partial charge in [0.05, 0.1) is 18.1 Å². The quantitative estimate of drug-likeness (QED) is 0.611. The maximum atomic E-state index is 13.2. The molecule has 4 rings (SSSR count). The number of sulfonamides is 1. The maximum Gasteiger partial charge on any atom is 0.266 e. The Morgan fingerprint density at radius 2 is 1.78 bits per heavy atom. The van der Waals surface area contributed by atoms with Crippen LogP contribution >= 0.6 is 23.2 Å². The maximum absolute atomic E-state index is 13.2. The molecule has 0 saturated carbocycles. The summed E-state index contributed by atoms with van der Waals surface area (Å²) in [4.78, 5) is 4.45. The third-order valence-electron chi connectivity index (χ3n) is 4.58. The van der Waals surface area contributed by atoms with Crippen LogP contribution < -0.4 is 0 Å². The number of fused-ring (bicyclic) bond motifs is 1. The van der Waals surface area contributed by atoms with Gasteiger partial charge in [-0.1, -0.05) is 65.7 Å². The second-order valence-electron chi connectivity index (χ2n) is 6.26. The molecule has 0 saturated heterocycles. The molecule has 3 aromatic carbocycles. The first-order valence-corrected chi connectivity index (χ1v) is 10.6. The van der Waals surface area contributed by atoms with Gasteiger partial charge in [-0.05, 0) is 34.5 Å². The molecule has 0 spiro atoms. The van der Waals surface area contributed by atoms with Gasteiger partial charge < -0.3 is 0 Å². The molecule has 1 aliphatic rings. The highest BCUT2D eigenvalue weighted by molar-refractivity contribution is 7.89. The summed E-state index contributed by atoms with van der Waals surface area (Å²) < 4.78 is 27.7. The zero-order valence-corrected chi connectivity index (χ0v) is 16.6. The summed E-state index contributed by atoms with van der Waals surface area (Å²) in [5.41, 5.74) is 1.03. The highest BCUT2D eigenvalue weighted by Gasteiger charge is 2.32. The molecule has 27 heavy (non-hydrogen) atoms. The third-order valence-corrected chi connectivity index (χ3v) is 7.12. The molecule has 0 N–H and O–H groups in total. The van der Waals surface area contributed by atoms with Gasteiger partial charge in [0.1, 0.15) is 10.7 Å². The molecule has 1 aliphatic heterocycles. The Bertz CT molecular complexity index is 1150. The van der Waals surface area contributed by atoms with Gasteiger partial charge in [0.15, 0.2) is 0 Å². The summed E-state index contributed by atoms with van der Waals surface area (Å²) in [6.07, 6.45) is 0.429. The Hall–Kier alpha value is -2.08. The monoisotopic (exact) mass is 418 g/mol. The standard InChI is InChI=1S/C20H16Cl2N2O2S/c21-16-8-9-18(22)19(13-16)27(25,26)24-11-10-23-20(24)12-15-6-3-5-14-4-1-2-7-17(14)15/h1-9,13H,10-12H2. The van der Waals surface area contributed by atoms with Crippen LogP contribution in [0.3, 0.4) is 0 Å². The highest BCUT2D eigenvalue weighted by atomic mass is 35.5. The number of nitrogens with zero attached hydrogens (tertiary/aromatic N) is 2. The van der Waals surface area contributed by atoms with E-state index < -0.39 is 10.0 Å². The Labute approximate surface area is 168 Å². The number of amidine groups is 1. The lowest BCUT2D eigenvalue weighted by Gasteiger charge is -2.21. The summed E-state index contributed by atoms with van der Waals surface area (Å²) in [6.45, 7) is 0.725. The summed E-state index contributed by atoms with van der Waals surface area (Å²) in [7, 11) is -3.83. The molecule has 0 unspecified atom stereocenters. The van der Waals surface area contributed by atoms with Crippen LogP contribution in [0.25, 0.3) is 10.8 Å². The molecule has 7 heteroatoms. The smallest absolute Gasteiger partial charge is 0.266 e. The van der Waals surface area contributed by atoms with E-state index in [1.165, 1.54) is 16.4 Å². The van der Waals surface area contributed by atoms with E-state index in [0.717, 1.165) is 16.3 Å².